The Bertz CT molecular complexity index is 441. The van der Waals surface area contributed by atoms with Crippen molar-refractivity contribution in [3.8, 4) is 0 Å². The van der Waals surface area contributed by atoms with Gasteiger partial charge < -0.3 is 10.2 Å². The minimum absolute atomic E-state index is 0.481. The number of rotatable bonds is 9. The summed E-state index contributed by atoms with van der Waals surface area (Å²) in [7, 11) is 0. The Labute approximate surface area is 134 Å². The van der Waals surface area contributed by atoms with Crippen molar-refractivity contribution in [2.75, 3.05) is 11.4 Å². The fraction of sp³-hybridized carbons (Fsp3) is 0.667. The van der Waals surface area contributed by atoms with E-state index in [9.17, 15) is 0 Å². The summed E-state index contributed by atoms with van der Waals surface area (Å²) >= 11 is 6.54. The number of nitrogens with one attached hydrogen (secondary N) is 1. The van der Waals surface area contributed by atoms with E-state index in [-0.39, 0.29) is 0 Å². The van der Waals surface area contributed by atoms with Crippen molar-refractivity contribution < 1.29 is 0 Å². The van der Waals surface area contributed by atoms with E-state index >= 15 is 0 Å². The average Bonchev–Trinajstić information content (AvgIpc) is 3.26. The van der Waals surface area contributed by atoms with Crippen molar-refractivity contribution in [3.05, 3.63) is 28.8 Å². The maximum Gasteiger partial charge on any atom is 0.0642 e. The molecular formula is C18H29ClN2. The Morgan fingerprint density at radius 3 is 2.62 bits per heavy atom. The van der Waals surface area contributed by atoms with Crippen LogP contribution < -0.4 is 10.2 Å². The van der Waals surface area contributed by atoms with Gasteiger partial charge in [0.25, 0.3) is 0 Å². The molecule has 1 fully saturated rings. The minimum Gasteiger partial charge on any atom is -0.368 e. The van der Waals surface area contributed by atoms with E-state index in [0.29, 0.717) is 6.04 Å². The van der Waals surface area contributed by atoms with Crippen molar-refractivity contribution in [3.63, 3.8) is 0 Å². The van der Waals surface area contributed by atoms with E-state index in [1.807, 2.05) is 0 Å². The first-order valence-corrected chi connectivity index (χ1v) is 8.78. The van der Waals surface area contributed by atoms with Gasteiger partial charge in [-0.3, -0.25) is 0 Å². The summed E-state index contributed by atoms with van der Waals surface area (Å²) in [6.07, 6.45) is 6.42. The fourth-order valence-electron chi connectivity index (χ4n) is 2.63. The maximum absolute atomic E-state index is 6.54. The highest BCUT2D eigenvalue weighted by Crippen LogP contribution is 2.29. The molecule has 1 aliphatic carbocycles. The van der Waals surface area contributed by atoms with Crippen LogP contribution in [0.15, 0.2) is 18.2 Å². The first-order chi connectivity index (χ1) is 10.1. The highest BCUT2D eigenvalue weighted by atomic mass is 35.5. The first-order valence-electron chi connectivity index (χ1n) is 8.40. The average molecular weight is 309 g/mol. The number of unbranched alkanes of at least 4 members (excludes halogenated alkanes) is 2. The van der Waals surface area contributed by atoms with Gasteiger partial charge in [-0.05, 0) is 50.8 Å². The van der Waals surface area contributed by atoms with Crippen LogP contribution in [0, 0.1) is 0 Å². The van der Waals surface area contributed by atoms with Gasteiger partial charge in [0, 0.05) is 25.2 Å². The molecule has 0 saturated heterocycles. The van der Waals surface area contributed by atoms with Gasteiger partial charge >= 0.3 is 0 Å². The predicted molar refractivity (Wildman–Crippen MR) is 93.3 cm³/mol. The third kappa shape index (κ3) is 5.19. The van der Waals surface area contributed by atoms with E-state index in [2.05, 4.69) is 49.2 Å². The molecule has 1 aromatic carbocycles. The minimum atomic E-state index is 0.481. The smallest absolute Gasteiger partial charge is 0.0642 e. The van der Waals surface area contributed by atoms with Crippen molar-refractivity contribution in [1.29, 1.82) is 0 Å². The number of nitrogens with zero attached hydrogens (tertiary/aromatic N) is 1. The van der Waals surface area contributed by atoms with Crippen LogP contribution in [0.3, 0.4) is 0 Å². The molecule has 0 aromatic heterocycles. The summed E-state index contributed by atoms with van der Waals surface area (Å²) in [5, 5.41) is 4.43. The van der Waals surface area contributed by atoms with E-state index in [4.69, 9.17) is 11.6 Å². The van der Waals surface area contributed by atoms with Gasteiger partial charge in [-0.15, -0.1) is 0 Å². The predicted octanol–water partition coefficient (Wildman–Crippen LogP) is 5.00. The monoisotopic (exact) mass is 308 g/mol. The van der Waals surface area contributed by atoms with Crippen LogP contribution in [0.25, 0.3) is 0 Å². The van der Waals surface area contributed by atoms with Crippen LogP contribution in [0.5, 0.6) is 0 Å². The summed E-state index contributed by atoms with van der Waals surface area (Å²) in [4.78, 5) is 2.43. The van der Waals surface area contributed by atoms with Crippen molar-refractivity contribution in [1.82, 2.24) is 5.32 Å². The second-order valence-electron chi connectivity index (χ2n) is 6.44. The first kappa shape index (κ1) is 16.6. The molecule has 0 heterocycles. The lowest BCUT2D eigenvalue weighted by Crippen LogP contribution is -2.32. The molecule has 21 heavy (non-hydrogen) atoms. The molecule has 3 heteroatoms. The summed E-state index contributed by atoms with van der Waals surface area (Å²) in [6, 6.07) is 7.75. The van der Waals surface area contributed by atoms with Crippen molar-refractivity contribution in [2.45, 2.75) is 71.5 Å². The molecule has 2 rings (SSSR count). The Morgan fingerprint density at radius 2 is 2.05 bits per heavy atom. The molecule has 0 aliphatic heterocycles. The largest absolute Gasteiger partial charge is 0.368 e. The summed E-state index contributed by atoms with van der Waals surface area (Å²) in [5.41, 5.74) is 2.46. The topological polar surface area (TPSA) is 15.3 Å². The van der Waals surface area contributed by atoms with Crippen LogP contribution >= 0.6 is 11.6 Å². The van der Waals surface area contributed by atoms with Gasteiger partial charge in [0.05, 0.1) is 10.7 Å². The standard InChI is InChI=1S/C18H29ClN2/c1-4-5-6-11-21(14(2)3)18-10-7-15(12-17(18)19)13-20-16-8-9-16/h7,10,12,14,16,20H,4-6,8-9,11,13H2,1-3H3. The van der Waals surface area contributed by atoms with Gasteiger partial charge in [-0.25, -0.2) is 0 Å². The second-order valence-corrected chi connectivity index (χ2v) is 6.84. The highest BCUT2D eigenvalue weighted by Gasteiger charge is 2.20. The maximum atomic E-state index is 6.54. The van der Waals surface area contributed by atoms with Gasteiger partial charge in [-0.1, -0.05) is 37.4 Å². The molecule has 1 saturated carbocycles. The molecule has 0 spiro atoms. The van der Waals surface area contributed by atoms with Gasteiger partial charge in [0.2, 0.25) is 0 Å². The molecule has 0 radical (unpaired) electrons. The zero-order valence-electron chi connectivity index (χ0n) is 13.7. The molecule has 118 valence electrons. The summed E-state index contributed by atoms with van der Waals surface area (Å²) in [6.45, 7) is 8.75. The Hall–Kier alpha value is -0.730. The number of hydrogen-bond donors (Lipinski definition) is 1. The molecular weight excluding hydrogens is 280 g/mol. The van der Waals surface area contributed by atoms with Crippen LogP contribution in [0.1, 0.15) is 58.4 Å². The van der Waals surface area contributed by atoms with Crippen LogP contribution in [-0.2, 0) is 6.54 Å². The molecule has 2 nitrogen and oxygen atoms in total. The number of halogens is 1. The molecule has 0 atom stereocenters. The number of anilines is 1. The molecule has 0 amide bonds. The lowest BCUT2D eigenvalue weighted by molar-refractivity contribution is 0.625. The van der Waals surface area contributed by atoms with Crippen molar-refractivity contribution in [2.24, 2.45) is 0 Å². The fourth-order valence-corrected chi connectivity index (χ4v) is 2.94. The van der Waals surface area contributed by atoms with Gasteiger partial charge in [0.15, 0.2) is 0 Å². The SMILES string of the molecule is CCCCCN(c1ccc(CNC2CC2)cc1Cl)C(C)C. The van der Waals surface area contributed by atoms with Gasteiger partial charge in [0.1, 0.15) is 0 Å². The zero-order chi connectivity index (χ0) is 15.2. The Kier molecular flexibility index (Phi) is 6.38. The molecule has 0 unspecified atom stereocenters. The van der Waals surface area contributed by atoms with E-state index in [0.717, 1.165) is 24.2 Å². The molecule has 1 N–H and O–H groups in total. The lowest BCUT2D eigenvalue weighted by Gasteiger charge is -2.30. The van der Waals surface area contributed by atoms with E-state index in [1.54, 1.807) is 0 Å². The quantitative estimate of drug-likeness (QED) is 0.646. The molecule has 0 bridgehead atoms. The molecule has 1 aliphatic rings. The zero-order valence-corrected chi connectivity index (χ0v) is 14.4. The van der Waals surface area contributed by atoms with Crippen LogP contribution in [0.2, 0.25) is 5.02 Å². The lowest BCUT2D eigenvalue weighted by atomic mass is 10.1. The van der Waals surface area contributed by atoms with E-state index in [1.165, 1.54) is 43.4 Å². The van der Waals surface area contributed by atoms with E-state index < -0.39 is 0 Å². The van der Waals surface area contributed by atoms with Crippen LogP contribution in [0.4, 0.5) is 5.69 Å². The Morgan fingerprint density at radius 1 is 1.29 bits per heavy atom. The van der Waals surface area contributed by atoms with Gasteiger partial charge in [-0.2, -0.15) is 0 Å². The third-order valence-corrected chi connectivity index (χ3v) is 4.42. The normalized spacial score (nSPS) is 14.7. The highest BCUT2D eigenvalue weighted by molar-refractivity contribution is 6.33. The Balaban J connectivity index is 2.01. The van der Waals surface area contributed by atoms with Crippen molar-refractivity contribution >= 4 is 17.3 Å². The third-order valence-electron chi connectivity index (χ3n) is 4.12. The second kappa shape index (κ2) is 8.05. The number of benzene rings is 1. The summed E-state index contributed by atoms with van der Waals surface area (Å²) < 4.78 is 0. The molecule has 1 aromatic rings. The summed E-state index contributed by atoms with van der Waals surface area (Å²) in [5.74, 6) is 0. The van der Waals surface area contributed by atoms with Crippen LogP contribution in [-0.4, -0.2) is 18.6 Å². The number of hydrogen-bond acceptors (Lipinski definition) is 2.